The predicted octanol–water partition coefficient (Wildman–Crippen LogP) is 4.17. The van der Waals surface area contributed by atoms with Gasteiger partial charge in [0, 0.05) is 42.7 Å². The molecule has 0 amide bonds. The van der Waals surface area contributed by atoms with E-state index in [1.165, 1.54) is 19.2 Å². The normalized spacial score (nSPS) is 22.8. The Morgan fingerprint density at radius 3 is 2.47 bits per heavy atom. The lowest BCUT2D eigenvalue weighted by molar-refractivity contribution is -0.0458. The molecule has 2 bridgehead atoms. The average molecular weight is 670 g/mol. The third kappa shape index (κ3) is 7.66. The Labute approximate surface area is 285 Å². The minimum atomic E-state index is -0.269. The number of fused-ring (bicyclic) bond motifs is 2. The van der Waals surface area contributed by atoms with E-state index in [0.717, 1.165) is 50.0 Å². The van der Waals surface area contributed by atoms with E-state index in [1.807, 2.05) is 32.2 Å². The molecule has 1 saturated carbocycles. The number of hydrogen-bond acceptors (Lipinski definition) is 13. The number of tetrazole rings is 1. The van der Waals surface area contributed by atoms with Crippen molar-refractivity contribution in [1.82, 2.24) is 44.9 Å². The van der Waals surface area contributed by atoms with Crippen molar-refractivity contribution in [2.75, 3.05) is 38.4 Å². The summed E-state index contributed by atoms with van der Waals surface area (Å²) in [6, 6.07) is 9.72. The Morgan fingerprint density at radius 2 is 1.76 bits per heavy atom. The molecule has 1 aliphatic carbocycles. The number of rotatable bonds is 14. The minimum absolute atomic E-state index is 0.269. The van der Waals surface area contributed by atoms with Crippen molar-refractivity contribution in [2.24, 2.45) is 0 Å². The molecule has 0 spiro atoms. The molecule has 3 aliphatic rings. The number of nitrogens with one attached hydrogen (secondary N) is 1. The van der Waals surface area contributed by atoms with Crippen LogP contribution in [-0.4, -0.2) is 102 Å². The molecule has 4 aromatic rings. The summed E-state index contributed by atoms with van der Waals surface area (Å²) in [6.45, 7) is 7.56. The zero-order valence-corrected chi connectivity index (χ0v) is 28.0. The fourth-order valence-corrected chi connectivity index (χ4v) is 7.31. The molecule has 0 unspecified atom stereocenters. The second-order valence-electron chi connectivity index (χ2n) is 12.9. The Hall–Kier alpha value is -4.65. The monoisotopic (exact) mass is 669 g/mol. The molecule has 1 aromatic carbocycles. The summed E-state index contributed by atoms with van der Waals surface area (Å²) < 4.78 is 27.1. The molecule has 15 nitrogen and oxygen atoms in total. The van der Waals surface area contributed by atoms with Crippen molar-refractivity contribution in [3.05, 3.63) is 48.7 Å². The Balaban J connectivity index is 1.02. The molecule has 258 valence electrons. The molecule has 1 N–H and O–H groups in total. The quantitative estimate of drug-likeness (QED) is 0.191. The second-order valence-corrected chi connectivity index (χ2v) is 12.9. The van der Waals surface area contributed by atoms with E-state index >= 15 is 0 Å². The topological polar surface area (TPSA) is 163 Å². The minimum Gasteiger partial charge on any atom is -0.487 e. The fourth-order valence-electron chi connectivity index (χ4n) is 7.31. The largest absolute Gasteiger partial charge is 0.487 e. The molecule has 0 radical (unpaired) electrons. The van der Waals surface area contributed by atoms with E-state index in [1.54, 1.807) is 23.1 Å². The molecule has 5 heterocycles. The first-order valence-corrected chi connectivity index (χ1v) is 17.2. The van der Waals surface area contributed by atoms with Crippen molar-refractivity contribution in [1.29, 1.82) is 5.26 Å². The predicted molar refractivity (Wildman–Crippen MR) is 178 cm³/mol. The van der Waals surface area contributed by atoms with Crippen LogP contribution in [0.3, 0.4) is 0 Å². The van der Waals surface area contributed by atoms with Crippen LogP contribution in [0.5, 0.6) is 11.6 Å². The van der Waals surface area contributed by atoms with Gasteiger partial charge in [-0.1, -0.05) is 6.07 Å². The molecular weight excluding hydrogens is 626 g/mol. The molecule has 3 aromatic heterocycles. The molecule has 15 heteroatoms. The summed E-state index contributed by atoms with van der Waals surface area (Å²) in [6.07, 6.45) is 13.7. The molecule has 2 saturated heterocycles. The van der Waals surface area contributed by atoms with Crippen LogP contribution in [-0.2, 0) is 16.0 Å². The van der Waals surface area contributed by atoms with E-state index in [9.17, 15) is 5.26 Å². The first-order chi connectivity index (χ1) is 24.1. The van der Waals surface area contributed by atoms with Crippen LogP contribution in [0, 0.1) is 11.3 Å². The maximum atomic E-state index is 9.67. The van der Waals surface area contributed by atoms with Crippen LogP contribution >= 0.6 is 0 Å². The number of nitriles is 1. The standard InChI is InChI=1S/C34H43N11O4/c1-3-46-12-13-48-33-31(19-44(40-33)27-6-8-28(9-7-27)45-29-10-11-30(45)21-47-20-29)39-34-36-16-26(17-37-34)24-4-5-25(15-35)32(14-24)49-23(2)18-43-22-38-41-42-43/h4-5,14,16-17,19,22-23,27-30H,3,6-13,18,20-21H2,1-2H3,(H,36,37,39)/t23-,27?,28?,29-,30+/m0/s1. The van der Waals surface area contributed by atoms with Crippen LogP contribution in [0.4, 0.5) is 11.6 Å². The smallest absolute Gasteiger partial charge is 0.257 e. The number of anilines is 2. The van der Waals surface area contributed by atoms with Gasteiger partial charge in [-0.15, -0.1) is 10.2 Å². The van der Waals surface area contributed by atoms with Gasteiger partial charge in [-0.25, -0.2) is 14.6 Å². The SMILES string of the molecule is CCOCCOc1nn(C2CCC(N3[C@@H]4CC[C@H]3COC4)CC2)cc1Nc1ncc(-c2ccc(C#N)c(O[C@@H](C)Cn3cnnn3)c2)cn1. The molecule has 3 fully saturated rings. The second kappa shape index (κ2) is 15.3. The Bertz CT molecular complexity index is 1680. The van der Waals surface area contributed by atoms with Gasteiger partial charge in [0.05, 0.1) is 44.2 Å². The van der Waals surface area contributed by atoms with Gasteiger partial charge in [0.2, 0.25) is 5.95 Å². The van der Waals surface area contributed by atoms with E-state index < -0.39 is 0 Å². The number of hydrogen-bond donors (Lipinski definition) is 1. The lowest BCUT2D eigenvalue weighted by atomic mass is 9.89. The number of nitrogens with zero attached hydrogens (tertiary/aromatic N) is 10. The average Bonchev–Trinajstić information content (AvgIpc) is 3.85. The van der Waals surface area contributed by atoms with Gasteiger partial charge >= 0.3 is 0 Å². The van der Waals surface area contributed by atoms with Gasteiger partial charge in [0.15, 0.2) is 0 Å². The summed E-state index contributed by atoms with van der Waals surface area (Å²) in [5.41, 5.74) is 2.75. The van der Waals surface area contributed by atoms with Gasteiger partial charge in [-0.05, 0) is 80.5 Å². The molecule has 2 aliphatic heterocycles. The van der Waals surface area contributed by atoms with Crippen LogP contribution in [0.25, 0.3) is 11.1 Å². The van der Waals surface area contributed by atoms with Gasteiger partial charge < -0.3 is 24.3 Å². The van der Waals surface area contributed by atoms with Gasteiger partial charge in [0.1, 0.15) is 36.5 Å². The molecule has 7 rings (SSSR count). The molecular formula is C34H43N11O4. The number of benzene rings is 1. The lowest BCUT2D eigenvalue weighted by Gasteiger charge is -2.43. The summed E-state index contributed by atoms with van der Waals surface area (Å²) in [5.74, 6) is 1.39. The van der Waals surface area contributed by atoms with Crippen molar-refractivity contribution in [3.8, 4) is 28.8 Å². The highest BCUT2D eigenvalue weighted by atomic mass is 16.5. The highest BCUT2D eigenvalue weighted by molar-refractivity contribution is 5.67. The fraction of sp³-hybridized carbons (Fsp3) is 0.559. The highest BCUT2D eigenvalue weighted by Crippen LogP contribution is 2.39. The third-order valence-corrected chi connectivity index (χ3v) is 9.62. The van der Waals surface area contributed by atoms with Gasteiger partial charge in [0.25, 0.3) is 5.88 Å². The van der Waals surface area contributed by atoms with Gasteiger partial charge in [-0.2, -0.15) is 5.26 Å². The van der Waals surface area contributed by atoms with E-state index in [4.69, 9.17) is 24.0 Å². The third-order valence-electron chi connectivity index (χ3n) is 9.62. The maximum Gasteiger partial charge on any atom is 0.257 e. The van der Waals surface area contributed by atoms with E-state index in [-0.39, 0.29) is 6.10 Å². The first kappa shape index (κ1) is 32.9. The summed E-state index contributed by atoms with van der Waals surface area (Å²) in [5, 5.41) is 29.1. The van der Waals surface area contributed by atoms with Crippen LogP contribution in [0.2, 0.25) is 0 Å². The number of ether oxygens (including phenoxy) is 4. The van der Waals surface area contributed by atoms with Crippen molar-refractivity contribution >= 4 is 11.6 Å². The van der Waals surface area contributed by atoms with Crippen LogP contribution in [0.15, 0.2) is 43.1 Å². The first-order valence-electron chi connectivity index (χ1n) is 17.2. The van der Waals surface area contributed by atoms with Crippen molar-refractivity contribution < 1.29 is 18.9 Å². The van der Waals surface area contributed by atoms with Crippen LogP contribution in [0.1, 0.15) is 64.0 Å². The molecule has 49 heavy (non-hydrogen) atoms. The summed E-state index contributed by atoms with van der Waals surface area (Å²) in [4.78, 5) is 12.0. The Morgan fingerprint density at radius 1 is 1.00 bits per heavy atom. The van der Waals surface area contributed by atoms with E-state index in [0.29, 0.717) is 79.4 Å². The number of aromatic nitrogens is 8. The lowest BCUT2D eigenvalue weighted by Crippen LogP contribution is -2.52. The number of morpholine rings is 1. The summed E-state index contributed by atoms with van der Waals surface area (Å²) >= 11 is 0. The highest BCUT2D eigenvalue weighted by Gasteiger charge is 2.42. The zero-order chi connectivity index (χ0) is 33.6. The van der Waals surface area contributed by atoms with Gasteiger partial charge in [-0.3, -0.25) is 9.58 Å². The van der Waals surface area contributed by atoms with Crippen LogP contribution < -0.4 is 14.8 Å². The Kier molecular flexibility index (Phi) is 10.2. The zero-order valence-electron chi connectivity index (χ0n) is 28.0. The molecule has 3 atom stereocenters. The summed E-state index contributed by atoms with van der Waals surface area (Å²) in [7, 11) is 0. The maximum absolute atomic E-state index is 9.67. The van der Waals surface area contributed by atoms with Crippen molar-refractivity contribution in [3.63, 3.8) is 0 Å². The van der Waals surface area contributed by atoms with E-state index in [2.05, 4.69) is 46.5 Å². The van der Waals surface area contributed by atoms with Crippen molar-refractivity contribution in [2.45, 2.75) is 89.2 Å².